The highest BCUT2D eigenvalue weighted by molar-refractivity contribution is 5.94. The molecule has 3 rings (SSSR count). The van der Waals surface area contributed by atoms with Crippen LogP contribution < -0.4 is 15.4 Å². The average molecular weight is 405 g/mol. The fourth-order valence-electron chi connectivity index (χ4n) is 3.59. The topological polar surface area (TPSA) is 84.4 Å². The lowest BCUT2D eigenvalue weighted by molar-refractivity contribution is -0.0817. The second-order valence-corrected chi connectivity index (χ2v) is 7.13. The van der Waals surface area contributed by atoms with Crippen LogP contribution in [0.4, 0.5) is 0 Å². The SMILES string of the molecule is CCNC(=NCCNC(=O)c1ccc(OC)cc1)N1CCOC(C2CCCO2)C1. The van der Waals surface area contributed by atoms with Crippen molar-refractivity contribution in [3.63, 3.8) is 0 Å². The quantitative estimate of drug-likeness (QED) is 0.405. The predicted molar refractivity (Wildman–Crippen MR) is 112 cm³/mol. The van der Waals surface area contributed by atoms with Crippen LogP contribution in [0.5, 0.6) is 5.75 Å². The normalized spacial score (nSPS) is 22.4. The number of nitrogens with one attached hydrogen (secondary N) is 2. The lowest BCUT2D eigenvalue weighted by Crippen LogP contribution is -2.53. The highest BCUT2D eigenvalue weighted by atomic mass is 16.5. The minimum atomic E-state index is -0.113. The summed E-state index contributed by atoms with van der Waals surface area (Å²) < 4.78 is 16.8. The Bertz CT molecular complexity index is 674. The summed E-state index contributed by atoms with van der Waals surface area (Å²) in [5, 5.41) is 6.26. The maximum atomic E-state index is 12.2. The molecule has 8 nitrogen and oxygen atoms in total. The molecule has 160 valence electrons. The maximum Gasteiger partial charge on any atom is 0.251 e. The van der Waals surface area contributed by atoms with Gasteiger partial charge >= 0.3 is 0 Å². The van der Waals surface area contributed by atoms with Crippen LogP contribution in [0.3, 0.4) is 0 Å². The van der Waals surface area contributed by atoms with E-state index < -0.39 is 0 Å². The molecule has 1 aromatic carbocycles. The van der Waals surface area contributed by atoms with Crippen molar-refractivity contribution < 1.29 is 19.0 Å². The molecule has 8 heteroatoms. The Hall–Kier alpha value is -2.32. The second kappa shape index (κ2) is 11.0. The number of morpholine rings is 1. The molecule has 2 aliphatic heterocycles. The summed E-state index contributed by atoms with van der Waals surface area (Å²) in [6.45, 7) is 6.89. The van der Waals surface area contributed by atoms with Crippen molar-refractivity contribution >= 4 is 11.9 Å². The van der Waals surface area contributed by atoms with Gasteiger partial charge in [-0.2, -0.15) is 0 Å². The minimum absolute atomic E-state index is 0.0879. The number of methoxy groups -OCH3 is 1. The molecule has 2 saturated heterocycles. The zero-order valence-electron chi connectivity index (χ0n) is 17.4. The number of carbonyl (C=O) groups is 1. The molecule has 1 amide bonds. The van der Waals surface area contributed by atoms with Gasteiger partial charge in [-0.05, 0) is 44.0 Å². The molecule has 0 aromatic heterocycles. The van der Waals surface area contributed by atoms with Crippen molar-refractivity contribution in [3.8, 4) is 5.75 Å². The summed E-state index contributed by atoms with van der Waals surface area (Å²) in [4.78, 5) is 19.2. The molecule has 0 bridgehead atoms. The molecule has 0 radical (unpaired) electrons. The number of nitrogens with zero attached hydrogens (tertiary/aromatic N) is 2. The predicted octanol–water partition coefficient (Wildman–Crippen LogP) is 1.27. The first-order valence-electron chi connectivity index (χ1n) is 10.4. The minimum Gasteiger partial charge on any atom is -0.497 e. The van der Waals surface area contributed by atoms with E-state index in [-0.39, 0.29) is 18.1 Å². The summed E-state index contributed by atoms with van der Waals surface area (Å²) in [7, 11) is 1.60. The van der Waals surface area contributed by atoms with Crippen molar-refractivity contribution in [1.82, 2.24) is 15.5 Å². The Labute approximate surface area is 172 Å². The Balaban J connectivity index is 1.49. The molecule has 2 N–H and O–H groups in total. The Morgan fingerprint density at radius 1 is 1.21 bits per heavy atom. The molecule has 2 unspecified atom stereocenters. The first kappa shape index (κ1) is 21.4. The van der Waals surface area contributed by atoms with E-state index in [1.807, 2.05) is 0 Å². The van der Waals surface area contributed by atoms with Crippen molar-refractivity contribution in [2.24, 2.45) is 4.99 Å². The van der Waals surface area contributed by atoms with Gasteiger partial charge < -0.3 is 29.7 Å². The summed E-state index contributed by atoms with van der Waals surface area (Å²) in [5.74, 6) is 1.48. The van der Waals surface area contributed by atoms with Gasteiger partial charge in [0.2, 0.25) is 0 Å². The van der Waals surface area contributed by atoms with Crippen LogP contribution in [0, 0.1) is 0 Å². The molecule has 0 aliphatic carbocycles. The number of amides is 1. The Kier molecular flexibility index (Phi) is 8.13. The Morgan fingerprint density at radius 2 is 2.00 bits per heavy atom. The van der Waals surface area contributed by atoms with E-state index in [9.17, 15) is 4.79 Å². The number of benzene rings is 1. The largest absolute Gasteiger partial charge is 0.497 e. The highest BCUT2D eigenvalue weighted by Gasteiger charge is 2.32. The molecule has 0 spiro atoms. The van der Waals surface area contributed by atoms with E-state index in [2.05, 4.69) is 22.5 Å². The molecule has 29 heavy (non-hydrogen) atoms. The lowest BCUT2D eigenvalue weighted by Gasteiger charge is -2.37. The van der Waals surface area contributed by atoms with Crippen molar-refractivity contribution in [2.75, 3.05) is 53.0 Å². The van der Waals surface area contributed by atoms with E-state index in [0.717, 1.165) is 50.8 Å². The monoisotopic (exact) mass is 404 g/mol. The fraction of sp³-hybridized carbons (Fsp3) is 0.619. The average Bonchev–Trinajstić information content (AvgIpc) is 3.31. The molecular formula is C21H32N4O4. The van der Waals surface area contributed by atoms with Crippen LogP contribution in [0.15, 0.2) is 29.3 Å². The molecule has 2 atom stereocenters. The van der Waals surface area contributed by atoms with E-state index in [0.29, 0.717) is 25.3 Å². The number of aliphatic imine (C=N–C) groups is 1. The third kappa shape index (κ3) is 6.08. The van der Waals surface area contributed by atoms with Crippen LogP contribution in [0.1, 0.15) is 30.1 Å². The summed E-state index contributed by atoms with van der Waals surface area (Å²) >= 11 is 0. The van der Waals surface area contributed by atoms with Crippen molar-refractivity contribution in [3.05, 3.63) is 29.8 Å². The third-order valence-corrected chi connectivity index (χ3v) is 5.12. The zero-order chi connectivity index (χ0) is 20.5. The van der Waals surface area contributed by atoms with Gasteiger partial charge in [0, 0.05) is 38.3 Å². The van der Waals surface area contributed by atoms with Gasteiger partial charge in [0.15, 0.2) is 5.96 Å². The van der Waals surface area contributed by atoms with Crippen LogP contribution >= 0.6 is 0 Å². The van der Waals surface area contributed by atoms with Gasteiger partial charge in [0.1, 0.15) is 11.9 Å². The van der Waals surface area contributed by atoms with E-state index >= 15 is 0 Å². The number of hydrogen-bond donors (Lipinski definition) is 2. The van der Waals surface area contributed by atoms with Crippen LogP contribution in [0.25, 0.3) is 0 Å². The van der Waals surface area contributed by atoms with E-state index in [1.54, 1.807) is 31.4 Å². The lowest BCUT2D eigenvalue weighted by atomic mass is 10.1. The number of hydrogen-bond acceptors (Lipinski definition) is 5. The third-order valence-electron chi connectivity index (χ3n) is 5.12. The van der Waals surface area contributed by atoms with Crippen LogP contribution in [-0.4, -0.2) is 82.0 Å². The highest BCUT2D eigenvalue weighted by Crippen LogP contribution is 2.21. The smallest absolute Gasteiger partial charge is 0.251 e. The van der Waals surface area contributed by atoms with Gasteiger partial charge in [0.25, 0.3) is 5.91 Å². The van der Waals surface area contributed by atoms with Gasteiger partial charge in [-0.1, -0.05) is 0 Å². The van der Waals surface area contributed by atoms with E-state index in [1.165, 1.54) is 0 Å². The van der Waals surface area contributed by atoms with Gasteiger partial charge in [0.05, 0.1) is 26.4 Å². The Morgan fingerprint density at radius 3 is 2.69 bits per heavy atom. The number of carbonyl (C=O) groups excluding carboxylic acids is 1. The number of guanidine groups is 1. The summed E-state index contributed by atoms with van der Waals surface area (Å²) in [6.07, 6.45) is 2.44. The molecule has 2 aliphatic rings. The molecule has 2 fully saturated rings. The number of ether oxygens (including phenoxy) is 3. The first-order valence-corrected chi connectivity index (χ1v) is 10.4. The summed E-state index contributed by atoms with van der Waals surface area (Å²) in [6, 6.07) is 7.05. The fourth-order valence-corrected chi connectivity index (χ4v) is 3.59. The molecule has 1 aromatic rings. The molecule has 0 saturated carbocycles. The molecular weight excluding hydrogens is 372 g/mol. The second-order valence-electron chi connectivity index (χ2n) is 7.13. The van der Waals surface area contributed by atoms with Crippen LogP contribution in [-0.2, 0) is 9.47 Å². The van der Waals surface area contributed by atoms with Gasteiger partial charge in [-0.25, -0.2) is 0 Å². The van der Waals surface area contributed by atoms with Gasteiger partial charge in [-0.3, -0.25) is 9.79 Å². The standard InChI is InChI=1S/C21H32N4O4/c1-3-22-21(25-12-14-29-19(15-25)18-5-4-13-28-18)24-11-10-23-20(26)16-6-8-17(27-2)9-7-16/h6-9,18-19H,3-5,10-15H2,1-2H3,(H,22,24)(H,23,26). The van der Waals surface area contributed by atoms with Crippen LogP contribution in [0.2, 0.25) is 0 Å². The maximum absolute atomic E-state index is 12.2. The molecule has 2 heterocycles. The van der Waals surface area contributed by atoms with Crippen molar-refractivity contribution in [1.29, 1.82) is 0 Å². The summed E-state index contributed by atoms with van der Waals surface area (Å²) in [5.41, 5.74) is 0.606. The van der Waals surface area contributed by atoms with Crippen molar-refractivity contribution in [2.45, 2.75) is 32.0 Å². The zero-order valence-corrected chi connectivity index (χ0v) is 17.4. The number of rotatable bonds is 7. The van der Waals surface area contributed by atoms with E-state index in [4.69, 9.17) is 19.2 Å². The van der Waals surface area contributed by atoms with Gasteiger partial charge in [-0.15, -0.1) is 0 Å². The first-order chi connectivity index (χ1) is 14.2.